The van der Waals surface area contributed by atoms with Crippen LogP contribution < -0.4 is 15.4 Å². The molecule has 176 valence electrons. The molecular weight excluding hydrogens is 449 g/mol. The zero-order valence-electron chi connectivity index (χ0n) is 18.3. The molecule has 0 aliphatic carbocycles. The summed E-state index contributed by atoms with van der Waals surface area (Å²) in [6.07, 6.45) is 2.50. The van der Waals surface area contributed by atoms with Crippen molar-refractivity contribution in [2.24, 2.45) is 0 Å². The van der Waals surface area contributed by atoms with E-state index in [1.54, 1.807) is 6.92 Å². The highest BCUT2D eigenvalue weighted by molar-refractivity contribution is 7.89. The highest BCUT2D eigenvalue weighted by Gasteiger charge is 2.32. The first-order chi connectivity index (χ1) is 15.8. The van der Waals surface area contributed by atoms with Crippen LogP contribution in [-0.2, 0) is 19.6 Å². The van der Waals surface area contributed by atoms with Gasteiger partial charge in [-0.25, -0.2) is 12.8 Å². The molecule has 33 heavy (non-hydrogen) atoms. The van der Waals surface area contributed by atoms with Crippen molar-refractivity contribution in [1.82, 2.24) is 4.31 Å². The Kier molecular flexibility index (Phi) is 6.66. The number of halogens is 1. The molecule has 2 aromatic rings. The number of piperidine rings is 1. The van der Waals surface area contributed by atoms with Crippen LogP contribution in [0.5, 0.6) is 5.75 Å². The number of carbonyl (C=O) groups is 2. The first-order valence-electron chi connectivity index (χ1n) is 11.0. The van der Waals surface area contributed by atoms with E-state index in [4.69, 9.17) is 4.74 Å². The van der Waals surface area contributed by atoms with Gasteiger partial charge < -0.3 is 15.4 Å². The molecule has 2 aliphatic heterocycles. The van der Waals surface area contributed by atoms with Gasteiger partial charge in [-0.3, -0.25) is 9.59 Å². The summed E-state index contributed by atoms with van der Waals surface area (Å²) in [6, 6.07) is 8.25. The Labute approximate surface area is 192 Å². The lowest BCUT2D eigenvalue weighted by molar-refractivity contribution is -0.123. The summed E-state index contributed by atoms with van der Waals surface area (Å²) in [5.74, 6) is -1.97. The molecule has 2 heterocycles. The lowest BCUT2D eigenvalue weighted by atomic mass is 9.89. The van der Waals surface area contributed by atoms with Gasteiger partial charge in [-0.15, -0.1) is 0 Å². The van der Waals surface area contributed by atoms with E-state index in [2.05, 4.69) is 10.6 Å². The van der Waals surface area contributed by atoms with Crippen molar-refractivity contribution in [2.75, 3.05) is 30.3 Å². The number of anilines is 2. The number of amides is 2. The maximum absolute atomic E-state index is 13.6. The molecule has 0 aromatic heterocycles. The van der Waals surface area contributed by atoms with Gasteiger partial charge in [0.2, 0.25) is 21.8 Å². The third kappa shape index (κ3) is 4.86. The number of carbonyl (C=O) groups excluding carboxylic acids is 2. The van der Waals surface area contributed by atoms with Crippen LogP contribution in [-0.4, -0.2) is 44.2 Å². The molecule has 1 fully saturated rings. The Morgan fingerprint density at radius 3 is 2.67 bits per heavy atom. The van der Waals surface area contributed by atoms with Crippen LogP contribution in [0.1, 0.15) is 44.1 Å². The Hall–Kier alpha value is -2.98. The van der Waals surface area contributed by atoms with Crippen molar-refractivity contribution in [2.45, 2.75) is 43.4 Å². The largest absolute Gasteiger partial charge is 0.492 e. The lowest BCUT2D eigenvalue weighted by Gasteiger charge is -2.27. The number of benzene rings is 2. The predicted molar refractivity (Wildman–Crippen MR) is 121 cm³/mol. The minimum Gasteiger partial charge on any atom is -0.492 e. The molecular formula is C23H26FN3O5S. The minimum atomic E-state index is -3.72. The van der Waals surface area contributed by atoms with Crippen LogP contribution in [0.15, 0.2) is 41.3 Å². The number of nitrogens with zero attached hydrogens (tertiary/aromatic N) is 1. The number of nitrogens with one attached hydrogen (secondary N) is 2. The van der Waals surface area contributed by atoms with Crippen molar-refractivity contribution in [3.63, 3.8) is 0 Å². The summed E-state index contributed by atoms with van der Waals surface area (Å²) < 4.78 is 46.9. The number of hydrogen-bond acceptors (Lipinski definition) is 5. The van der Waals surface area contributed by atoms with Gasteiger partial charge in [0.25, 0.3) is 0 Å². The fourth-order valence-corrected chi connectivity index (χ4v) is 5.74. The summed E-state index contributed by atoms with van der Waals surface area (Å²) in [5.41, 5.74) is 0.941. The lowest BCUT2D eigenvalue weighted by Crippen LogP contribution is -2.35. The van der Waals surface area contributed by atoms with Gasteiger partial charge in [0, 0.05) is 25.2 Å². The van der Waals surface area contributed by atoms with Crippen molar-refractivity contribution < 1.29 is 27.1 Å². The number of hydrogen-bond donors (Lipinski definition) is 2. The van der Waals surface area contributed by atoms with E-state index >= 15 is 0 Å². The fourth-order valence-electron chi connectivity index (χ4n) is 4.19. The van der Waals surface area contributed by atoms with Crippen LogP contribution in [0.25, 0.3) is 0 Å². The van der Waals surface area contributed by atoms with E-state index in [-0.39, 0.29) is 22.7 Å². The first kappa shape index (κ1) is 23.2. The summed E-state index contributed by atoms with van der Waals surface area (Å²) in [4.78, 5) is 25.4. The molecule has 2 aromatic carbocycles. The molecule has 0 spiro atoms. The number of sulfonamides is 1. The van der Waals surface area contributed by atoms with Crippen LogP contribution in [0.4, 0.5) is 15.8 Å². The van der Waals surface area contributed by atoms with E-state index in [9.17, 15) is 22.4 Å². The van der Waals surface area contributed by atoms with Gasteiger partial charge in [0.15, 0.2) is 0 Å². The Morgan fingerprint density at radius 2 is 1.94 bits per heavy atom. The SMILES string of the molecule is CCOc1ccc(S(=O)(=O)N2CCCCC2)cc1NC(=O)[C@@H]1CC(=O)Nc2cc(F)ccc21. The van der Waals surface area contributed by atoms with Crippen molar-refractivity contribution in [3.8, 4) is 5.75 Å². The van der Waals surface area contributed by atoms with Gasteiger partial charge in [-0.05, 0) is 55.7 Å². The van der Waals surface area contributed by atoms with Gasteiger partial charge in [-0.1, -0.05) is 12.5 Å². The third-order valence-corrected chi connectivity index (χ3v) is 7.73. The zero-order chi connectivity index (χ0) is 23.6. The maximum atomic E-state index is 13.6. The molecule has 1 atom stereocenters. The maximum Gasteiger partial charge on any atom is 0.243 e. The van der Waals surface area contributed by atoms with Crippen LogP contribution in [0.3, 0.4) is 0 Å². The molecule has 8 nitrogen and oxygen atoms in total. The molecule has 2 amide bonds. The monoisotopic (exact) mass is 475 g/mol. The number of rotatable bonds is 6. The molecule has 1 saturated heterocycles. The average Bonchev–Trinajstić information content (AvgIpc) is 2.80. The first-order valence-corrected chi connectivity index (χ1v) is 12.4. The number of ether oxygens (including phenoxy) is 1. The molecule has 4 rings (SSSR count). The smallest absolute Gasteiger partial charge is 0.243 e. The van der Waals surface area contributed by atoms with E-state index in [1.807, 2.05) is 0 Å². The van der Waals surface area contributed by atoms with Gasteiger partial charge >= 0.3 is 0 Å². The standard InChI is InChI=1S/C23H26FN3O5S/c1-2-32-21-9-7-16(33(30,31)27-10-4-3-5-11-27)13-20(21)26-23(29)18-14-22(28)25-19-12-15(24)6-8-17(18)19/h6-9,12-13,18H,2-5,10-11,14H2,1H3,(H,25,28)(H,26,29)/t18-/m1/s1. The Morgan fingerprint density at radius 1 is 1.18 bits per heavy atom. The third-order valence-electron chi connectivity index (χ3n) is 5.83. The van der Waals surface area contributed by atoms with Gasteiger partial charge in [0.1, 0.15) is 11.6 Å². The van der Waals surface area contributed by atoms with Crippen molar-refractivity contribution >= 4 is 33.2 Å². The number of fused-ring (bicyclic) bond motifs is 1. The predicted octanol–water partition coefficient (Wildman–Crippen LogP) is 3.46. The second-order valence-electron chi connectivity index (χ2n) is 8.08. The van der Waals surface area contributed by atoms with Crippen LogP contribution >= 0.6 is 0 Å². The minimum absolute atomic E-state index is 0.0620. The molecule has 0 radical (unpaired) electrons. The Balaban J connectivity index is 1.65. The molecule has 10 heteroatoms. The quantitative estimate of drug-likeness (QED) is 0.666. The van der Waals surface area contributed by atoms with Crippen molar-refractivity contribution in [3.05, 3.63) is 47.8 Å². The summed E-state index contributed by atoms with van der Waals surface area (Å²) in [5, 5.41) is 5.31. The summed E-state index contributed by atoms with van der Waals surface area (Å²) >= 11 is 0. The van der Waals surface area contributed by atoms with Crippen LogP contribution in [0.2, 0.25) is 0 Å². The topological polar surface area (TPSA) is 105 Å². The zero-order valence-corrected chi connectivity index (χ0v) is 19.1. The van der Waals surface area contributed by atoms with Crippen molar-refractivity contribution in [1.29, 1.82) is 0 Å². The highest BCUT2D eigenvalue weighted by Crippen LogP contribution is 2.36. The van der Waals surface area contributed by atoms with Gasteiger partial charge in [-0.2, -0.15) is 4.31 Å². The molecule has 0 unspecified atom stereocenters. The average molecular weight is 476 g/mol. The van der Waals surface area contributed by atoms with Gasteiger partial charge in [0.05, 0.1) is 23.1 Å². The van der Waals surface area contributed by atoms with Crippen LogP contribution in [0, 0.1) is 5.82 Å². The molecule has 2 aliphatic rings. The Bertz CT molecular complexity index is 1180. The second-order valence-corrected chi connectivity index (χ2v) is 10.0. The molecule has 0 bridgehead atoms. The van der Waals surface area contributed by atoms with E-state index in [1.165, 1.54) is 40.7 Å². The van der Waals surface area contributed by atoms with E-state index in [0.29, 0.717) is 31.0 Å². The molecule has 2 N–H and O–H groups in total. The summed E-state index contributed by atoms with van der Waals surface area (Å²) in [7, 11) is -3.72. The van der Waals surface area contributed by atoms with E-state index in [0.717, 1.165) is 19.3 Å². The van der Waals surface area contributed by atoms with E-state index < -0.39 is 33.6 Å². The second kappa shape index (κ2) is 9.48. The molecule has 0 saturated carbocycles. The normalized spacial score (nSPS) is 18.8. The summed E-state index contributed by atoms with van der Waals surface area (Å²) in [6.45, 7) is 3.01. The fraction of sp³-hybridized carbons (Fsp3) is 0.391. The highest BCUT2D eigenvalue weighted by atomic mass is 32.2.